The normalized spacial score (nSPS) is 22.9. The molecule has 0 atom stereocenters. The predicted molar refractivity (Wildman–Crippen MR) is 61.5 cm³/mol. The van der Waals surface area contributed by atoms with Crippen molar-refractivity contribution in [2.75, 3.05) is 6.54 Å². The zero-order valence-electron chi connectivity index (χ0n) is 8.15. The highest BCUT2D eigenvalue weighted by atomic mass is 79.9. The standard InChI is InChI=1S/C12H14BrN/c13-11-3-1-2-9-8-12(5-6-12)14-7-4-10(9)11/h1-3,14H,4-8H2. The van der Waals surface area contributed by atoms with Crippen molar-refractivity contribution in [1.29, 1.82) is 0 Å². The molecule has 0 aromatic heterocycles. The van der Waals surface area contributed by atoms with Gasteiger partial charge in [0.2, 0.25) is 0 Å². The maximum Gasteiger partial charge on any atom is 0.0223 e. The summed E-state index contributed by atoms with van der Waals surface area (Å²) in [5, 5.41) is 3.69. The minimum absolute atomic E-state index is 0.478. The van der Waals surface area contributed by atoms with Crippen LogP contribution in [0.15, 0.2) is 22.7 Å². The van der Waals surface area contributed by atoms with Crippen molar-refractivity contribution in [1.82, 2.24) is 5.32 Å². The van der Waals surface area contributed by atoms with Crippen molar-refractivity contribution in [2.24, 2.45) is 0 Å². The fourth-order valence-electron chi connectivity index (χ4n) is 2.43. The molecular formula is C12H14BrN. The van der Waals surface area contributed by atoms with Crippen LogP contribution in [0.1, 0.15) is 24.0 Å². The molecule has 1 nitrogen and oxygen atoms in total. The maximum atomic E-state index is 3.69. The van der Waals surface area contributed by atoms with Crippen LogP contribution < -0.4 is 5.32 Å². The molecule has 0 radical (unpaired) electrons. The van der Waals surface area contributed by atoms with E-state index in [0.29, 0.717) is 5.54 Å². The number of benzene rings is 1. The van der Waals surface area contributed by atoms with Gasteiger partial charge in [-0.1, -0.05) is 28.1 Å². The summed E-state index contributed by atoms with van der Waals surface area (Å²) in [5.41, 5.74) is 3.54. The SMILES string of the molecule is Brc1cccc2c1CCNC1(CC1)C2. The second kappa shape index (κ2) is 3.07. The summed E-state index contributed by atoms with van der Waals surface area (Å²) in [5.74, 6) is 0. The highest BCUT2D eigenvalue weighted by Gasteiger charge is 2.43. The number of hydrogen-bond acceptors (Lipinski definition) is 1. The van der Waals surface area contributed by atoms with E-state index in [2.05, 4.69) is 39.4 Å². The van der Waals surface area contributed by atoms with E-state index < -0.39 is 0 Å². The second-order valence-electron chi connectivity index (χ2n) is 4.51. The Bertz CT molecular complexity index is 369. The van der Waals surface area contributed by atoms with Crippen LogP contribution in [-0.4, -0.2) is 12.1 Å². The Hall–Kier alpha value is -0.340. The lowest BCUT2D eigenvalue weighted by molar-refractivity contribution is 0.514. The van der Waals surface area contributed by atoms with E-state index in [1.165, 1.54) is 35.7 Å². The number of fused-ring (bicyclic) bond motifs is 1. The summed E-state index contributed by atoms with van der Waals surface area (Å²) in [6, 6.07) is 6.60. The Morgan fingerprint density at radius 1 is 1.29 bits per heavy atom. The first-order chi connectivity index (χ1) is 6.79. The van der Waals surface area contributed by atoms with E-state index >= 15 is 0 Å². The van der Waals surface area contributed by atoms with Gasteiger partial charge in [-0.2, -0.15) is 0 Å². The highest BCUT2D eigenvalue weighted by Crippen LogP contribution is 2.41. The summed E-state index contributed by atoms with van der Waals surface area (Å²) in [6.07, 6.45) is 5.11. The third-order valence-electron chi connectivity index (χ3n) is 3.47. The van der Waals surface area contributed by atoms with E-state index in [1.54, 1.807) is 5.56 Å². The molecule has 1 saturated carbocycles. The fourth-order valence-corrected chi connectivity index (χ4v) is 3.04. The fraction of sp³-hybridized carbons (Fsp3) is 0.500. The number of hydrogen-bond donors (Lipinski definition) is 1. The van der Waals surface area contributed by atoms with E-state index in [9.17, 15) is 0 Å². The molecule has 1 aliphatic heterocycles. The van der Waals surface area contributed by atoms with Crippen molar-refractivity contribution in [3.05, 3.63) is 33.8 Å². The van der Waals surface area contributed by atoms with Crippen molar-refractivity contribution in [3.8, 4) is 0 Å². The van der Waals surface area contributed by atoms with Crippen LogP contribution in [0.3, 0.4) is 0 Å². The second-order valence-corrected chi connectivity index (χ2v) is 5.37. The van der Waals surface area contributed by atoms with E-state index in [0.717, 1.165) is 6.54 Å². The molecular weight excluding hydrogens is 238 g/mol. The minimum Gasteiger partial charge on any atom is -0.311 e. The quantitative estimate of drug-likeness (QED) is 0.748. The third kappa shape index (κ3) is 1.41. The predicted octanol–water partition coefficient (Wildman–Crippen LogP) is 2.67. The molecule has 14 heavy (non-hydrogen) atoms. The summed E-state index contributed by atoms with van der Waals surface area (Å²) < 4.78 is 1.29. The van der Waals surface area contributed by atoms with Gasteiger partial charge >= 0.3 is 0 Å². The summed E-state index contributed by atoms with van der Waals surface area (Å²) in [4.78, 5) is 0. The number of nitrogens with one attached hydrogen (secondary N) is 1. The van der Waals surface area contributed by atoms with Crippen LogP contribution in [0.4, 0.5) is 0 Å². The molecule has 1 aromatic carbocycles. The first kappa shape index (κ1) is 8.93. The average molecular weight is 252 g/mol. The summed E-state index contributed by atoms with van der Waals surface area (Å²) in [7, 11) is 0. The lowest BCUT2D eigenvalue weighted by atomic mass is 10.00. The van der Waals surface area contributed by atoms with Gasteiger partial charge in [0, 0.05) is 10.0 Å². The molecule has 1 aromatic rings. The molecule has 74 valence electrons. The molecule has 0 saturated heterocycles. The Labute approximate surface area is 93.0 Å². The van der Waals surface area contributed by atoms with Crippen LogP contribution in [0.5, 0.6) is 0 Å². The van der Waals surface area contributed by atoms with Gasteiger partial charge in [-0.15, -0.1) is 0 Å². The van der Waals surface area contributed by atoms with E-state index in [-0.39, 0.29) is 0 Å². The van der Waals surface area contributed by atoms with Gasteiger partial charge in [0.1, 0.15) is 0 Å². The molecule has 1 spiro atoms. The van der Waals surface area contributed by atoms with Gasteiger partial charge in [0.15, 0.2) is 0 Å². The van der Waals surface area contributed by atoms with Gasteiger partial charge in [-0.05, 0) is 49.4 Å². The maximum absolute atomic E-state index is 3.69. The smallest absolute Gasteiger partial charge is 0.0223 e. The molecule has 1 heterocycles. The Balaban J connectivity index is 2.03. The van der Waals surface area contributed by atoms with Crippen molar-refractivity contribution in [3.63, 3.8) is 0 Å². The van der Waals surface area contributed by atoms with E-state index in [1.807, 2.05) is 0 Å². The van der Waals surface area contributed by atoms with Crippen LogP contribution in [0.25, 0.3) is 0 Å². The first-order valence-electron chi connectivity index (χ1n) is 5.30. The minimum atomic E-state index is 0.478. The van der Waals surface area contributed by atoms with Crippen molar-refractivity contribution in [2.45, 2.75) is 31.2 Å². The molecule has 1 N–H and O–H groups in total. The topological polar surface area (TPSA) is 12.0 Å². The Morgan fingerprint density at radius 2 is 2.14 bits per heavy atom. The number of rotatable bonds is 0. The monoisotopic (exact) mass is 251 g/mol. The highest BCUT2D eigenvalue weighted by molar-refractivity contribution is 9.10. The van der Waals surface area contributed by atoms with Crippen LogP contribution in [0, 0.1) is 0 Å². The first-order valence-corrected chi connectivity index (χ1v) is 6.10. The molecule has 1 fully saturated rings. The Kier molecular flexibility index (Phi) is 1.96. The van der Waals surface area contributed by atoms with Crippen molar-refractivity contribution >= 4 is 15.9 Å². The molecule has 0 bridgehead atoms. The van der Waals surface area contributed by atoms with Gasteiger partial charge in [-0.25, -0.2) is 0 Å². The van der Waals surface area contributed by atoms with Crippen molar-refractivity contribution < 1.29 is 0 Å². The van der Waals surface area contributed by atoms with Gasteiger partial charge in [0.25, 0.3) is 0 Å². The van der Waals surface area contributed by atoms with Crippen LogP contribution >= 0.6 is 15.9 Å². The lowest BCUT2D eigenvalue weighted by Crippen LogP contribution is -2.32. The van der Waals surface area contributed by atoms with Crippen LogP contribution in [-0.2, 0) is 12.8 Å². The largest absolute Gasteiger partial charge is 0.311 e. The van der Waals surface area contributed by atoms with Gasteiger partial charge in [-0.3, -0.25) is 0 Å². The average Bonchev–Trinajstić information content (AvgIpc) is 2.93. The molecule has 1 aliphatic carbocycles. The molecule has 2 heteroatoms. The molecule has 0 amide bonds. The zero-order chi connectivity index (χ0) is 9.60. The molecule has 2 aliphatic rings. The number of halogens is 1. The Morgan fingerprint density at radius 3 is 2.93 bits per heavy atom. The van der Waals surface area contributed by atoms with E-state index in [4.69, 9.17) is 0 Å². The van der Waals surface area contributed by atoms with Gasteiger partial charge < -0.3 is 5.32 Å². The molecule has 3 rings (SSSR count). The third-order valence-corrected chi connectivity index (χ3v) is 4.22. The lowest BCUT2D eigenvalue weighted by Gasteiger charge is -2.13. The van der Waals surface area contributed by atoms with Crippen LogP contribution in [0.2, 0.25) is 0 Å². The summed E-state index contributed by atoms with van der Waals surface area (Å²) in [6.45, 7) is 1.13. The van der Waals surface area contributed by atoms with Gasteiger partial charge in [0.05, 0.1) is 0 Å². The summed E-state index contributed by atoms with van der Waals surface area (Å²) >= 11 is 3.65. The molecule has 0 unspecified atom stereocenters. The zero-order valence-corrected chi connectivity index (χ0v) is 9.73.